The van der Waals surface area contributed by atoms with Gasteiger partial charge in [-0.1, -0.05) is 36.0 Å². The Labute approximate surface area is 107 Å². The zero-order valence-corrected chi connectivity index (χ0v) is 10.3. The molecule has 0 amide bonds. The normalized spacial score (nSPS) is 11.6. The van der Waals surface area contributed by atoms with Crippen LogP contribution in [-0.4, -0.2) is 4.98 Å². The van der Waals surface area contributed by atoms with Crippen molar-refractivity contribution in [1.29, 1.82) is 0 Å². The highest BCUT2D eigenvalue weighted by molar-refractivity contribution is 7.71. The van der Waals surface area contributed by atoms with Crippen LogP contribution in [0.3, 0.4) is 0 Å². The molecule has 1 nitrogen and oxygen atoms in total. The number of alkyl halides is 3. The first-order valence-corrected chi connectivity index (χ1v) is 5.66. The first-order valence-electron chi connectivity index (χ1n) is 5.25. The first kappa shape index (κ1) is 12.8. The summed E-state index contributed by atoms with van der Waals surface area (Å²) < 4.78 is 38.1. The average Bonchev–Trinajstić information content (AvgIpc) is 2.27. The van der Waals surface area contributed by atoms with E-state index in [1.807, 2.05) is 13.0 Å². The lowest BCUT2D eigenvalue weighted by Crippen LogP contribution is -2.05. The minimum atomic E-state index is -4.39. The van der Waals surface area contributed by atoms with Gasteiger partial charge in [0.1, 0.15) is 4.64 Å². The van der Waals surface area contributed by atoms with E-state index in [2.05, 4.69) is 4.98 Å². The van der Waals surface area contributed by atoms with Gasteiger partial charge in [0.25, 0.3) is 0 Å². The molecule has 1 heterocycles. The molecule has 0 radical (unpaired) electrons. The summed E-state index contributed by atoms with van der Waals surface area (Å²) in [5, 5.41) is 0. The molecule has 1 N–H and O–H groups in total. The third-order valence-electron chi connectivity index (χ3n) is 2.50. The Balaban J connectivity index is 2.59. The molecule has 18 heavy (non-hydrogen) atoms. The molecule has 2 rings (SSSR count). The Morgan fingerprint density at radius 3 is 2.44 bits per heavy atom. The molecule has 0 atom stereocenters. The van der Waals surface area contributed by atoms with Crippen molar-refractivity contribution in [1.82, 2.24) is 4.98 Å². The van der Waals surface area contributed by atoms with E-state index >= 15 is 0 Å². The third-order valence-corrected chi connectivity index (χ3v) is 2.72. The van der Waals surface area contributed by atoms with E-state index in [1.54, 1.807) is 18.2 Å². The molecule has 0 aliphatic carbocycles. The molecule has 0 aliphatic heterocycles. The predicted molar refractivity (Wildman–Crippen MR) is 66.8 cm³/mol. The van der Waals surface area contributed by atoms with E-state index in [4.69, 9.17) is 12.2 Å². The summed E-state index contributed by atoms with van der Waals surface area (Å²) in [5.41, 5.74) is 1.30. The van der Waals surface area contributed by atoms with Crippen LogP contribution in [0.4, 0.5) is 13.2 Å². The monoisotopic (exact) mass is 269 g/mol. The van der Waals surface area contributed by atoms with E-state index < -0.39 is 11.7 Å². The Hall–Kier alpha value is -1.62. The minimum Gasteiger partial charge on any atom is -0.346 e. The lowest BCUT2D eigenvalue weighted by molar-refractivity contribution is -0.137. The largest absolute Gasteiger partial charge is 0.416 e. The molecule has 0 spiro atoms. The van der Waals surface area contributed by atoms with Crippen molar-refractivity contribution in [2.45, 2.75) is 13.1 Å². The number of pyridine rings is 1. The fraction of sp³-hybridized carbons (Fsp3) is 0.154. The van der Waals surface area contributed by atoms with Crippen LogP contribution in [0.5, 0.6) is 0 Å². The van der Waals surface area contributed by atoms with Gasteiger partial charge < -0.3 is 4.98 Å². The second kappa shape index (κ2) is 4.57. The lowest BCUT2D eigenvalue weighted by Gasteiger charge is -2.09. The minimum absolute atomic E-state index is 0.0707. The third kappa shape index (κ3) is 2.79. The zero-order chi connectivity index (χ0) is 13.3. The number of nitrogens with one attached hydrogen (secondary N) is 1. The van der Waals surface area contributed by atoms with E-state index in [0.29, 0.717) is 11.3 Å². The molecule has 1 aromatic heterocycles. The summed E-state index contributed by atoms with van der Waals surface area (Å²) >= 11 is 4.83. The summed E-state index contributed by atoms with van der Waals surface area (Å²) in [6.07, 6.45) is -4.39. The Morgan fingerprint density at radius 1 is 1.11 bits per heavy atom. The quantitative estimate of drug-likeness (QED) is 0.739. The van der Waals surface area contributed by atoms with Gasteiger partial charge in [-0.25, -0.2) is 0 Å². The van der Waals surface area contributed by atoms with Crippen molar-refractivity contribution in [3.63, 3.8) is 0 Å². The maximum atomic E-state index is 12.7. The van der Waals surface area contributed by atoms with Gasteiger partial charge >= 0.3 is 6.18 Å². The Kier molecular flexibility index (Phi) is 3.26. The molecule has 0 bridgehead atoms. The second-order valence-electron chi connectivity index (χ2n) is 4.01. The molecule has 0 saturated carbocycles. The highest BCUT2D eigenvalue weighted by atomic mass is 32.1. The Morgan fingerprint density at radius 2 is 1.83 bits per heavy atom. The lowest BCUT2D eigenvalue weighted by atomic mass is 10.1. The number of hydrogen-bond acceptors (Lipinski definition) is 1. The van der Waals surface area contributed by atoms with Crippen molar-refractivity contribution in [2.75, 3.05) is 0 Å². The molecule has 1 aromatic carbocycles. The van der Waals surface area contributed by atoms with E-state index in [-0.39, 0.29) is 4.64 Å². The summed E-state index contributed by atoms with van der Waals surface area (Å²) in [5.74, 6) is 0. The number of benzene rings is 1. The van der Waals surface area contributed by atoms with Crippen LogP contribution in [0.1, 0.15) is 11.1 Å². The first-order chi connectivity index (χ1) is 8.36. The molecular weight excluding hydrogens is 259 g/mol. The van der Waals surface area contributed by atoms with Crippen LogP contribution in [0.2, 0.25) is 0 Å². The maximum absolute atomic E-state index is 12.7. The van der Waals surface area contributed by atoms with Crippen molar-refractivity contribution in [2.24, 2.45) is 0 Å². The van der Waals surface area contributed by atoms with Gasteiger partial charge in [0.2, 0.25) is 0 Å². The van der Waals surface area contributed by atoms with Gasteiger partial charge in [-0.05, 0) is 30.7 Å². The number of H-pyrrole nitrogens is 1. The summed E-state index contributed by atoms with van der Waals surface area (Å²) in [6, 6.07) is 9.22. The fourth-order valence-corrected chi connectivity index (χ4v) is 1.91. The fourth-order valence-electron chi connectivity index (χ4n) is 1.68. The number of aryl methyl sites for hydroxylation is 1. The van der Waals surface area contributed by atoms with Crippen LogP contribution >= 0.6 is 12.2 Å². The van der Waals surface area contributed by atoms with Crippen LogP contribution in [-0.2, 0) is 6.18 Å². The summed E-state index contributed by atoms with van der Waals surface area (Å²) in [6.45, 7) is 1.88. The van der Waals surface area contributed by atoms with Crippen molar-refractivity contribution < 1.29 is 13.2 Å². The Bertz CT molecular complexity index is 629. The number of halogens is 3. The van der Waals surface area contributed by atoms with Gasteiger partial charge in [0.15, 0.2) is 0 Å². The molecule has 5 heteroatoms. The highest BCUT2D eigenvalue weighted by Gasteiger charge is 2.31. The summed E-state index contributed by atoms with van der Waals surface area (Å²) in [4.78, 5) is 2.78. The molecule has 0 saturated heterocycles. The van der Waals surface area contributed by atoms with Crippen molar-refractivity contribution >= 4 is 12.2 Å². The number of rotatable bonds is 1. The zero-order valence-electron chi connectivity index (χ0n) is 9.51. The van der Waals surface area contributed by atoms with Gasteiger partial charge in [-0.2, -0.15) is 13.2 Å². The topological polar surface area (TPSA) is 15.8 Å². The molecule has 94 valence electrons. The molecule has 0 fully saturated rings. The standard InChI is InChI=1S/C13H10F3NS/c1-8-3-2-4-9(5-8)11-6-10(13(14,15)16)7-12(18)17-11/h2-7H,1H3,(H,17,18). The molecule has 0 unspecified atom stereocenters. The smallest absolute Gasteiger partial charge is 0.346 e. The number of aromatic amines is 1. The highest BCUT2D eigenvalue weighted by Crippen LogP contribution is 2.31. The SMILES string of the molecule is Cc1cccc(-c2cc(C(F)(F)F)cc(=S)[nH]2)c1. The number of hydrogen-bond donors (Lipinski definition) is 1. The van der Waals surface area contributed by atoms with Crippen molar-refractivity contribution in [3.8, 4) is 11.3 Å². The maximum Gasteiger partial charge on any atom is 0.416 e. The second-order valence-corrected chi connectivity index (χ2v) is 4.45. The van der Waals surface area contributed by atoms with E-state index in [1.165, 1.54) is 0 Å². The van der Waals surface area contributed by atoms with Crippen LogP contribution in [0, 0.1) is 11.6 Å². The molecule has 2 aromatic rings. The summed E-state index contributed by atoms with van der Waals surface area (Å²) in [7, 11) is 0. The van der Waals surface area contributed by atoms with Gasteiger partial charge in [0, 0.05) is 5.69 Å². The van der Waals surface area contributed by atoms with Crippen LogP contribution < -0.4 is 0 Å². The van der Waals surface area contributed by atoms with Gasteiger partial charge in [-0.3, -0.25) is 0 Å². The van der Waals surface area contributed by atoms with Crippen LogP contribution in [0.15, 0.2) is 36.4 Å². The average molecular weight is 269 g/mol. The van der Waals surface area contributed by atoms with E-state index in [0.717, 1.165) is 17.7 Å². The molecule has 0 aliphatic rings. The van der Waals surface area contributed by atoms with Crippen LogP contribution in [0.25, 0.3) is 11.3 Å². The van der Waals surface area contributed by atoms with Gasteiger partial charge in [0.05, 0.1) is 5.56 Å². The predicted octanol–water partition coefficient (Wildman–Crippen LogP) is 4.74. The van der Waals surface area contributed by atoms with Crippen molar-refractivity contribution in [3.05, 3.63) is 52.2 Å². The van der Waals surface area contributed by atoms with E-state index in [9.17, 15) is 13.2 Å². The number of aromatic nitrogens is 1. The molecular formula is C13H10F3NS. The van der Waals surface area contributed by atoms with Gasteiger partial charge in [-0.15, -0.1) is 0 Å².